The number of rotatable bonds is 3. The number of carbonyl (C=O) groups is 2. The van der Waals surface area contributed by atoms with Gasteiger partial charge >= 0.3 is 5.97 Å². The molecule has 1 fully saturated rings. The molecule has 0 aromatic heterocycles. The quantitative estimate of drug-likeness (QED) is 0.921. The van der Waals surface area contributed by atoms with Gasteiger partial charge in [-0.25, -0.2) is 4.39 Å². The summed E-state index contributed by atoms with van der Waals surface area (Å²) in [5.41, 5.74) is -0.664. The van der Waals surface area contributed by atoms with E-state index in [1.807, 2.05) is 0 Å². The standard InChI is InChI=1S/C15H18FNO3/c1-15(2,11-5-3-4-6-12(11)16)14(20)17-8-7-10(9-17)13(18)19/h3-6,10H,7-9H2,1-2H3,(H,18,19). The zero-order valence-electron chi connectivity index (χ0n) is 11.6. The lowest BCUT2D eigenvalue weighted by Gasteiger charge is -2.30. The molecule has 108 valence electrons. The summed E-state index contributed by atoms with van der Waals surface area (Å²) in [5, 5.41) is 8.98. The van der Waals surface area contributed by atoms with E-state index in [0.29, 0.717) is 18.5 Å². The van der Waals surface area contributed by atoms with Crippen LogP contribution in [0.3, 0.4) is 0 Å². The first-order valence-electron chi connectivity index (χ1n) is 6.61. The van der Waals surface area contributed by atoms with E-state index in [-0.39, 0.29) is 12.5 Å². The summed E-state index contributed by atoms with van der Waals surface area (Å²) in [6.07, 6.45) is 0.453. The topological polar surface area (TPSA) is 57.6 Å². The predicted octanol–water partition coefficient (Wildman–Crippen LogP) is 2.04. The third-order valence-corrected chi connectivity index (χ3v) is 3.91. The van der Waals surface area contributed by atoms with Gasteiger partial charge < -0.3 is 10.0 Å². The highest BCUT2D eigenvalue weighted by molar-refractivity contribution is 5.88. The summed E-state index contributed by atoms with van der Waals surface area (Å²) in [6.45, 7) is 3.95. The van der Waals surface area contributed by atoms with Crippen molar-refractivity contribution in [3.8, 4) is 0 Å². The Bertz CT molecular complexity index is 542. The Hall–Kier alpha value is -1.91. The van der Waals surface area contributed by atoms with Gasteiger partial charge in [0.05, 0.1) is 11.3 Å². The zero-order chi connectivity index (χ0) is 14.9. The monoisotopic (exact) mass is 279 g/mol. The lowest BCUT2D eigenvalue weighted by molar-refractivity contribution is -0.141. The van der Waals surface area contributed by atoms with Gasteiger partial charge in [0.2, 0.25) is 5.91 Å². The van der Waals surface area contributed by atoms with Crippen LogP contribution in [0.25, 0.3) is 0 Å². The fourth-order valence-corrected chi connectivity index (χ4v) is 2.62. The van der Waals surface area contributed by atoms with E-state index in [4.69, 9.17) is 5.11 Å². The highest BCUT2D eigenvalue weighted by Gasteiger charge is 2.39. The highest BCUT2D eigenvalue weighted by Crippen LogP contribution is 2.30. The molecule has 20 heavy (non-hydrogen) atoms. The molecular weight excluding hydrogens is 261 g/mol. The molecule has 0 spiro atoms. The molecule has 0 bridgehead atoms. The fraction of sp³-hybridized carbons (Fsp3) is 0.467. The maximum Gasteiger partial charge on any atom is 0.308 e. The minimum atomic E-state index is -1.00. The maximum atomic E-state index is 13.9. The summed E-state index contributed by atoms with van der Waals surface area (Å²) in [7, 11) is 0. The maximum absolute atomic E-state index is 13.9. The summed E-state index contributed by atoms with van der Waals surface area (Å²) >= 11 is 0. The summed E-state index contributed by atoms with van der Waals surface area (Å²) in [6, 6.07) is 6.19. The normalized spacial score (nSPS) is 19.1. The second-order valence-electron chi connectivity index (χ2n) is 5.68. The molecule has 5 heteroatoms. The molecule has 1 heterocycles. The first kappa shape index (κ1) is 14.5. The lowest BCUT2D eigenvalue weighted by Crippen LogP contribution is -2.43. The van der Waals surface area contributed by atoms with Crippen molar-refractivity contribution in [3.05, 3.63) is 35.6 Å². The van der Waals surface area contributed by atoms with Crippen molar-refractivity contribution in [1.29, 1.82) is 0 Å². The predicted molar refractivity (Wildman–Crippen MR) is 71.7 cm³/mol. The van der Waals surface area contributed by atoms with Crippen LogP contribution in [-0.4, -0.2) is 35.0 Å². The molecule has 1 aromatic carbocycles. The Morgan fingerprint density at radius 3 is 2.55 bits per heavy atom. The van der Waals surface area contributed by atoms with E-state index in [9.17, 15) is 14.0 Å². The van der Waals surface area contributed by atoms with Gasteiger partial charge in [-0.1, -0.05) is 18.2 Å². The van der Waals surface area contributed by atoms with Crippen LogP contribution < -0.4 is 0 Å². The third kappa shape index (κ3) is 2.53. The summed E-state index contributed by atoms with van der Waals surface area (Å²) in [5.74, 6) is -2.05. The molecule has 0 saturated carbocycles. The minimum Gasteiger partial charge on any atom is -0.481 e. The molecule has 1 atom stereocenters. The van der Waals surface area contributed by atoms with Crippen LogP contribution in [0.1, 0.15) is 25.8 Å². The number of likely N-dealkylation sites (tertiary alicyclic amines) is 1. The largest absolute Gasteiger partial charge is 0.481 e. The van der Waals surface area contributed by atoms with Crippen LogP contribution in [0.5, 0.6) is 0 Å². The smallest absolute Gasteiger partial charge is 0.308 e. The molecule has 4 nitrogen and oxygen atoms in total. The SMILES string of the molecule is CC(C)(C(=O)N1CCC(C(=O)O)C1)c1ccccc1F. The number of hydrogen-bond donors (Lipinski definition) is 1. The molecule has 0 aliphatic carbocycles. The molecule has 1 saturated heterocycles. The van der Waals surface area contributed by atoms with Gasteiger partial charge in [0.1, 0.15) is 5.82 Å². The van der Waals surface area contributed by atoms with E-state index < -0.39 is 23.1 Å². The second kappa shape index (κ2) is 5.23. The second-order valence-corrected chi connectivity index (χ2v) is 5.68. The van der Waals surface area contributed by atoms with Gasteiger partial charge in [-0.2, -0.15) is 0 Å². The van der Waals surface area contributed by atoms with Gasteiger partial charge in [-0.05, 0) is 26.3 Å². The van der Waals surface area contributed by atoms with Crippen LogP contribution in [0.15, 0.2) is 24.3 Å². The molecule has 1 unspecified atom stereocenters. The Morgan fingerprint density at radius 2 is 2.00 bits per heavy atom. The molecule has 1 aliphatic heterocycles. The van der Waals surface area contributed by atoms with Crippen LogP contribution in [0.4, 0.5) is 4.39 Å². The van der Waals surface area contributed by atoms with Crippen LogP contribution in [0, 0.1) is 11.7 Å². The van der Waals surface area contributed by atoms with Crippen LogP contribution in [0.2, 0.25) is 0 Å². The molecule has 1 amide bonds. The van der Waals surface area contributed by atoms with Crippen molar-refractivity contribution >= 4 is 11.9 Å². The van der Waals surface area contributed by atoms with Crippen LogP contribution >= 0.6 is 0 Å². The first-order chi connectivity index (χ1) is 9.34. The van der Waals surface area contributed by atoms with E-state index in [2.05, 4.69) is 0 Å². The first-order valence-corrected chi connectivity index (χ1v) is 6.61. The van der Waals surface area contributed by atoms with E-state index in [0.717, 1.165) is 0 Å². The number of carboxylic acids is 1. The van der Waals surface area contributed by atoms with Crippen LogP contribution in [-0.2, 0) is 15.0 Å². The van der Waals surface area contributed by atoms with Gasteiger partial charge in [0.15, 0.2) is 0 Å². The average Bonchev–Trinajstić information content (AvgIpc) is 2.87. The molecule has 1 aliphatic rings. The van der Waals surface area contributed by atoms with Gasteiger partial charge in [-0.15, -0.1) is 0 Å². The fourth-order valence-electron chi connectivity index (χ4n) is 2.62. The summed E-state index contributed by atoms with van der Waals surface area (Å²) < 4.78 is 13.9. The summed E-state index contributed by atoms with van der Waals surface area (Å²) in [4.78, 5) is 25.0. The zero-order valence-corrected chi connectivity index (χ0v) is 11.6. The number of amides is 1. The van der Waals surface area contributed by atoms with Crippen molar-refractivity contribution in [1.82, 2.24) is 4.90 Å². The minimum absolute atomic E-state index is 0.200. The number of carbonyl (C=O) groups excluding carboxylic acids is 1. The van der Waals surface area contributed by atoms with E-state index in [1.165, 1.54) is 11.0 Å². The number of halogens is 1. The molecular formula is C15H18FNO3. The molecule has 1 aromatic rings. The Labute approximate surface area is 117 Å². The van der Waals surface area contributed by atoms with Gasteiger partial charge in [0, 0.05) is 18.7 Å². The Kier molecular flexibility index (Phi) is 3.79. The van der Waals surface area contributed by atoms with Crippen molar-refractivity contribution in [2.75, 3.05) is 13.1 Å². The number of aliphatic carboxylic acids is 1. The Morgan fingerprint density at radius 1 is 1.35 bits per heavy atom. The van der Waals surface area contributed by atoms with Crippen molar-refractivity contribution in [3.63, 3.8) is 0 Å². The average molecular weight is 279 g/mol. The van der Waals surface area contributed by atoms with E-state index in [1.54, 1.807) is 32.0 Å². The third-order valence-electron chi connectivity index (χ3n) is 3.91. The number of carboxylic acid groups (broad SMARTS) is 1. The number of hydrogen-bond acceptors (Lipinski definition) is 2. The van der Waals surface area contributed by atoms with E-state index >= 15 is 0 Å². The van der Waals surface area contributed by atoms with Gasteiger partial charge in [-0.3, -0.25) is 9.59 Å². The molecule has 0 radical (unpaired) electrons. The molecule has 1 N–H and O–H groups in total. The number of benzene rings is 1. The lowest BCUT2D eigenvalue weighted by atomic mass is 9.83. The highest BCUT2D eigenvalue weighted by atomic mass is 19.1. The van der Waals surface area contributed by atoms with Crippen molar-refractivity contribution < 1.29 is 19.1 Å². The molecule has 2 rings (SSSR count). The van der Waals surface area contributed by atoms with Gasteiger partial charge in [0.25, 0.3) is 0 Å². The van der Waals surface area contributed by atoms with Crippen molar-refractivity contribution in [2.45, 2.75) is 25.7 Å². The Balaban J connectivity index is 2.20. The van der Waals surface area contributed by atoms with Crippen molar-refractivity contribution in [2.24, 2.45) is 5.92 Å². The number of nitrogens with zero attached hydrogens (tertiary/aromatic N) is 1.